The number of carbonyl (C=O) groups excluding carboxylic acids is 1. The average Bonchev–Trinajstić information content (AvgIpc) is 2.71. The Hall–Kier alpha value is -1.59. The normalized spacial score (nSPS) is 19.5. The summed E-state index contributed by atoms with van der Waals surface area (Å²) >= 11 is 0. The van der Waals surface area contributed by atoms with Gasteiger partial charge in [0.15, 0.2) is 0 Å². The molecule has 5 heteroatoms. The van der Waals surface area contributed by atoms with Crippen LogP contribution in [0.25, 0.3) is 0 Å². The number of carbonyl (C=O) groups is 1. The van der Waals surface area contributed by atoms with E-state index < -0.39 is 0 Å². The van der Waals surface area contributed by atoms with E-state index in [9.17, 15) is 4.79 Å². The molecule has 1 aliphatic heterocycles. The van der Waals surface area contributed by atoms with E-state index in [0.717, 1.165) is 31.0 Å². The van der Waals surface area contributed by atoms with Crippen molar-refractivity contribution in [2.45, 2.75) is 13.3 Å². The lowest BCUT2D eigenvalue weighted by atomic mass is 10.1. The third-order valence-electron chi connectivity index (χ3n) is 3.81. The minimum Gasteiger partial charge on any atom is -0.493 e. The van der Waals surface area contributed by atoms with Crippen molar-refractivity contribution in [1.82, 2.24) is 10.2 Å². The highest BCUT2D eigenvalue weighted by Crippen LogP contribution is 2.16. The van der Waals surface area contributed by atoms with E-state index in [1.807, 2.05) is 31.2 Å². The van der Waals surface area contributed by atoms with Crippen LogP contribution in [-0.2, 0) is 9.53 Å². The number of nitrogens with one attached hydrogen (secondary N) is 1. The number of hydrogen-bond donors (Lipinski definition) is 1. The van der Waals surface area contributed by atoms with Gasteiger partial charge in [-0.25, -0.2) is 0 Å². The second-order valence-corrected chi connectivity index (χ2v) is 5.87. The zero-order valence-electron chi connectivity index (χ0n) is 13.5. The Morgan fingerprint density at radius 3 is 3.09 bits per heavy atom. The second-order valence-electron chi connectivity index (χ2n) is 5.87. The molecule has 1 heterocycles. The van der Waals surface area contributed by atoms with Crippen LogP contribution in [0, 0.1) is 12.8 Å². The Balaban J connectivity index is 1.64. The fourth-order valence-electron chi connectivity index (χ4n) is 2.50. The molecule has 0 aliphatic carbocycles. The van der Waals surface area contributed by atoms with Crippen LogP contribution in [0.1, 0.15) is 12.0 Å². The standard InChI is InChI=1S/C17H26N2O3/c1-14-5-3-4-6-16(14)22-9-7-17(20)18-11-15-12-19(2)8-10-21-13-15/h3-6,15H,7-13H2,1-2H3,(H,18,20)/t15-/m0/s1. The van der Waals surface area contributed by atoms with Gasteiger partial charge in [-0.2, -0.15) is 0 Å². The second kappa shape index (κ2) is 8.76. The summed E-state index contributed by atoms with van der Waals surface area (Å²) in [5.41, 5.74) is 1.08. The topological polar surface area (TPSA) is 50.8 Å². The highest BCUT2D eigenvalue weighted by molar-refractivity contribution is 5.76. The number of rotatable bonds is 6. The maximum atomic E-state index is 11.9. The summed E-state index contributed by atoms with van der Waals surface area (Å²) < 4.78 is 11.2. The first-order chi connectivity index (χ1) is 10.6. The van der Waals surface area contributed by atoms with Crippen molar-refractivity contribution in [3.05, 3.63) is 29.8 Å². The molecule has 1 fully saturated rings. The van der Waals surface area contributed by atoms with Gasteiger partial charge >= 0.3 is 0 Å². The number of benzene rings is 1. The van der Waals surface area contributed by atoms with Gasteiger partial charge in [-0.15, -0.1) is 0 Å². The lowest BCUT2D eigenvalue weighted by Crippen LogP contribution is -2.36. The summed E-state index contributed by atoms with van der Waals surface area (Å²) in [6.45, 7) is 6.45. The fourth-order valence-corrected chi connectivity index (χ4v) is 2.50. The molecule has 1 saturated heterocycles. The molecule has 1 amide bonds. The van der Waals surface area contributed by atoms with Gasteiger partial charge in [-0.05, 0) is 25.6 Å². The van der Waals surface area contributed by atoms with Crippen LogP contribution in [0.5, 0.6) is 5.75 Å². The number of hydrogen-bond acceptors (Lipinski definition) is 4. The predicted molar refractivity (Wildman–Crippen MR) is 86.1 cm³/mol. The molecule has 0 aromatic heterocycles. The van der Waals surface area contributed by atoms with Crippen molar-refractivity contribution >= 4 is 5.91 Å². The Bertz CT molecular complexity index is 479. The third-order valence-corrected chi connectivity index (χ3v) is 3.81. The first-order valence-electron chi connectivity index (χ1n) is 7.86. The van der Waals surface area contributed by atoms with Gasteiger partial charge in [0.05, 0.1) is 26.2 Å². The zero-order valence-corrected chi connectivity index (χ0v) is 13.5. The molecule has 0 saturated carbocycles. The molecule has 0 bridgehead atoms. The van der Waals surface area contributed by atoms with E-state index in [0.29, 0.717) is 32.1 Å². The van der Waals surface area contributed by atoms with Crippen LogP contribution in [-0.4, -0.2) is 57.3 Å². The van der Waals surface area contributed by atoms with E-state index in [2.05, 4.69) is 17.3 Å². The molecule has 0 radical (unpaired) electrons. The van der Waals surface area contributed by atoms with Gasteiger partial charge in [0, 0.05) is 25.6 Å². The van der Waals surface area contributed by atoms with Crippen LogP contribution < -0.4 is 10.1 Å². The predicted octanol–water partition coefficient (Wildman–Crippen LogP) is 1.46. The monoisotopic (exact) mass is 306 g/mol. The Labute approximate surface area is 132 Å². The summed E-state index contributed by atoms with van der Waals surface area (Å²) in [4.78, 5) is 14.1. The summed E-state index contributed by atoms with van der Waals surface area (Å²) in [6.07, 6.45) is 0.373. The van der Waals surface area contributed by atoms with E-state index >= 15 is 0 Å². The molecule has 1 aliphatic rings. The molecule has 1 atom stereocenters. The largest absolute Gasteiger partial charge is 0.493 e. The van der Waals surface area contributed by atoms with Crippen LogP contribution in [0.3, 0.4) is 0 Å². The minimum atomic E-state index is 0.0282. The van der Waals surface area contributed by atoms with Crippen molar-refractivity contribution in [3.8, 4) is 5.75 Å². The van der Waals surface area contributed by atoms with Gasteiger partial charge < -0.3 is 19.7 Å². The Kier molecular flexibility index (Phi) is 6.68. The lowest BCUT2D eigenvalue weighted by Gasteiger charge is -2.19. The number of ether oxygens (including phenoxy) is 2. The summed E-state index contributed by atoms with van der Waals surface area (Å²) in [6, 6.07) is 7.83. The number of nitrogens with zero attached hydrogens (tertiary/aromatic N) is 1. The summed E-state index contributed by atoms with van der Waals surface area (Å²) in [7, 11) is 2.08. The van der Waals surface area contributed by atoms with E-state index in [-0.39, 0.29) is 5.91 Å². The van der Waals surface area contributed by atoms with Crippen molar-refractivity contribution in [2.75, 3.05) is 46.5 Å². The molecule has 0 unspecified atom stereocenters. The first kappa shape index (κ1) is 16.8. The average molecular weight is 306 g/mol. The maximum Gasteiger partial charge on any atom is 0.223 e. The molecule has 22 heavy (non-hydrogen) atoms. The van der Waals surface area contributed by atoms with E-state index in [1.165, 1.54) is 0 Å². The van der Waals surface area contributed by atoms with Crippen molar-refractivity contribution in [2.24, 2.45) is 5.92 Å². The number of amides is 1. The molecular weight excluding hydrogens is 280 g/mol. The van der Waals surface area contributed by atoms with Gasteiger partial charge in [-0.3, -0.25) is 4.79 Å². The fraction of sp³-hybridized carbons (Fsp3) is 0.588. The van der Waals surface area contributed by atoms with Crippen LogP contribution >= 0.6 is 0 Å². The summed E-state index contributed by atoms with van der Waals surface area (Å²) in [5.74, 6) is 1.23. The molecule has 2 rings (SSSR count). The van der Waals surface area contributed by atoms with Gasteiger partial charge in [-0.1, -0.05) is 18.2 Å². The molecule has 0 spiro atoms. The third kappa shape index (κ3) is 5.66. The smallest absolute Gasteiger partial charge is 0.223 e. The first-order valence-corrected chi connectivity index (χ1v) is 7.86. The van der Waals surface area contributed by atoms with Gasteiger partial charge in [0.25, 0.3) is 0 Å². The van der Waals surface area contributed by atoms with Gasteiger partial charge in [0.2, 0.25) is 5.91 Å². The molecule has 122 valence electrons. The van der Waals surface area contributed by atoms with E-state index in [4.69, 9.17) is 9.47 Å². The molecule has 5 nitrogen and oxygen atoms in total. The molecule has 1 aromatic carbocycles. The van der Waals surface area contributed by atoms with Crippen LogP contribution in [0.2, 0.25) is 0 Å². The van der Waals surface area contributed by atoms with Crippen molar-refractivity contribution in [1.29, 1.82) is 0 Å². The van der Waals surface area contributed by atoms with Crippen LogP contribution in [0.4, 0.5) is 0 Å². The Morgan fingerprint density at radius 2 is 2.27 bits per heavy atom. The number of likely N-dealkylation sites (N-methyl/N-ethyl adjacent to an activating group) is 1. The SMILES string of the molecule is Cc1ccccc1OCCC(=O)NC[C@@H]1COCCN(C)C1. The lowest BCUT2D eigenvalue weighted by molar-refractivity contribution is -0.121. The van der Waals surface area contributed by atoms with Crippen molar-refractivity contribution in [3.63, 3.8) is 0 Å². The maximum absolute atomic E-state index is 11.9. The molecule has 1 N–H and O–H groups in total. The highest BCUT2D eigenvalue weighted by Gasteiger charge is 2.16. The quantitative estimate of drug-likeness (QED) is 0.864. The highest BCUT2D eigenvalue weighted by atomic mass is 16.5. The molecular formula is C17H26N2O3. The number of para-hydroxylation sites is 1. The minimum absolute atomic E-state index is 0.0282. The van der Waals surface area contributed by atoms with Crippen LogP contribution in [0.15, 0.2) is 24.3 Å². The zero-order chi connectivity index (χ0) is 15.8. The van der Waals surface area contributed by atoms with Crippen molar-refractivity contribution < 1.29 is 14.3 Å². The van der Waals surface area contributed by atoms with Gasteiger partial charge in [0.1, 0.15) is 5.75 Å². The molecule has 1 aromatic rings. The summed E-state index contributed by atoms with van der Waals surface area (Å²) in [5, 5.41) is 2.98. The Morgan fingerprint density at radius 1 is 1.45 bits per heavy atom. The number of aryl methyl sites for hydroxylation is 1. The van der Waals surface area contributed by atoms with E-state index in [1.54, 1.807) is 0 Å².